The van der Waals surface area contributed by atoms with Gasteiger partial charge >= 0.3 is 5.97 Å². The number of ether oxygens (including phenoxy) is 1. The van der Waals surface area contributed by atoms with Crippen molar-refractivity contribution >= 4 is 5.97 Å². The molecule has 1 aromatic rings. The minimum Gasteiger partial charge on any atom is -0.478 e. The van der Waals surface area contributed by atoms with Crippen molar-refractivity contribution in [2.75, 3.05) is 6.61 Å². The molecule has 20 heavy (non-hydrogen) atoms. The van der Waals surface area contributed by atoms with E-state index in [1.165, 1.54) is 6.20 Å². The molecule has 0 unspecified atom stereocenters. The van der Waals surface area contributed by atoms with Crippen molar-refractivity contribution in [3.05, 3.63) is 29.3 Å². The summed E-state index contributed by atoms with van der Waals surface area (Å²) in [5.41, 5.74) is 0.644. The molecule has 1 aromatic heterocycles. The summed E-state index contributed by atoms with van der Waals surface area (Å²) < 4.78 is 19.5. The number of aromatic nitrogens is 1. The Labute approximate surface area is 117 Å². The molecule has 1 heterocycles. The minimum atomic E-state index is -1.15. The zero-order chi connectivity index (χ0) is 14.3. The minimum absolute atomic E-state index is 0.0969. The molecule has 2 aliphatic rings. The van der Waals surface area contributed by atoms with Crippen LogP contribution in [-0.2, 0) is 4.74 Å². The monoisotopic (exact) mass is 279 g/mol. The standard InChI is InChI=1S/C15H18FNO3/c1-2-20-11-6-15(7-11)4-10(5-15)13-12(16)3-9(8-17-13)14(18)19/h3,8,10-11H,2,4-7H2,1H3,(H,18,19). The lowest BCUT2D eigenvalue weighted by molar-refractivity contribution is -0.123. The molecule has 108 valence electrons. The van der Waals surface area contributed by atoms with Gasteiger partial charge in [-0.05, 0) is 44.1 Å². The van der Waals surface area contributed by atoms with E-state index in [1.54, 1.807) is 0 Å². The predicted molar refractivity (Wildman–Crippen MR) is 70.2 cm³/mol. The number of nitrogens with zero attached hydrogens (tertiary/aromatic N) is 1. The number of aromatic carboxylic acids is 1. The zero-order valence-corrected chi connectivity index (χ0v) is 11.4. The molecule has 0 bridgehead atoms. The first-order chi connectivity index (χ1) is 9.53. The van der Waals surface area contributed by atoms with Crippen LogP contribution < -0.4 is 0 Å². The second-order valence-electron chi connectivity index (χ2n) is 5.99. The van der Waals surface area contributed by atoms with E-state index in [2.05, 4.69) is 4.98 Å². The van der Waals surface area contributed by atoms with Crippen molar-refractivity contribution < 1.29 is 19.0 Å². The number of carboxylic acid groups (broad SMARTS) is 1. The van der Waals surface area contributed by atoms with Gasteiger partial charge in [-0.1, -0.05) is 0 Å². The molecular weight excluding hydrogens is 261 g/mol. The van der Waals surface area contributed by atoms with E-state index in [0.29, 0.717) is 17.2 Å². The third-order valence-electron chi connectivity index (χ3n) is 4.59. The summed E-state index contributed by atoms with van der Waals surface area (Å²) in [6, 6.07) is 1.07. The second-order valence-corrected chi connectivity index (χ2v) is 5.99. The molecule has 1 N–H and O–H groups in total. The van der Waals surface area contributed by atoms with Gasteiger partial charge in [-0.15, -0.1) is 0 Å². The molecule has 2 fully saturated rings. The summed E-state index contributed by atoms with van der Waals surface area (Å²) in [5.74, 6) is -1.52. The quantitative estimate of drug-likeness (QED) is 0.920. The van der Waals surface area contributed by atoms with Crippen LogP contribution in [-0.4, -0.2) is 28.8 Å². The average Bonchev–Trinajstić information content (AvgIpc) is 2.31. The van der Waals surface area contributed by atoms with E-state index in [0.717, 1.165) is 38.4 Å². The van der Waals surface area contributed by atoms with E-state index < -0.39 is 11.8 Å². The second kappa shape index (κ2) is 4.81. The molecule has 0 aliphatic heterocycles. The Kier molecular flexibility index (Phi) is 3.24. The van der Waals surface area contributed by atoms with Crippen molar-refractivity contribution in [2.24, 2.45) is 5.41 Å². The Bertz CT molecular complexity index is 532. The Morgan fingerprint density at radius 3 is 2.75 bits per heavy atom. The van der Waals surface area contributed by atoms with Gasteiger partial charge in [0.1, 0.15) is 5.82 Å². The topological polar surface area (TPSA) is 59.4 Å². The van der Waals surface area contributed by atoms with E-state index in [-0.39, 0.29) is 11.5 Å². The molecular formula is C15H18FNO3. The first-order valence-corrected chi connectivity index (χ1v) is 7.03. The first kappa shape index (κ1) is 13.5. The van der Waals surface area contributed by atoms with Crippen LogP contribution in [0, 0.1) is 11.2 Å². The maximum absolute atomic E-state index is 13.9. The van der Waals surface area contributed by atoms with Gasteiger partial charge in [-0.25, -0.2) is 9.18 Å². The van der Waals surface area contributed by atoms with Crippen LogP contribution in [0.5, 0.6) is 0 Å². The smallest absolute Gasteiger partial charge is 0.337 e. The lowest BCUT2D eigenvalue weighted by Gasteiger charge is -2.57. The molecule has 5 heteroatoms. The van der Waals surface area contributed by atoms with E-state index in [4.69, 9.17) is 9.84 Å². The summed E-state index contributed by atoms with van der Waals surface area (Å²) in [5, 5.41) is 8.80. The van der Waals surface area contributed by atoms with Crippen LogP contribution in [0.15, 0.2) is 12.3 Å². The summed E-state index contributed by atoms with van der Waals surface area (Å²) >= 11 is 0. The molecule has 2 aliphatic carbocycles. The highest BCUT2D eigenvalue weighted by molar-refractivity contribution is 5.87. The Morgan fingerprint density at radius 2 is 2.20 bits per heavy atom. The fourth-order valence-corrected chi connectivity index (χ4v) is 3.64. The van der Waals surface area contributed by atoms with E-state index in [1.807, 2.05) is 6.92 Å². The molecule has 0 radical (unpaired) electrons. The molecule has 0 aromatic carbocycles. The van der Waals surface area contributed by atoms with Gasteiger partial charge in [0.2, 0.25) is 0 Å². The van der Waals surface area contributed by atoms with Gasteiger partial charge in [0.25, 0.3) is 0 Å². The van der Waals surface area contributed by atoms with Crippen LogP contribution in [0.2, 0.25) is 0 Å². The molecule has 1 spiro atoms. The molecule has 0 saturated heterocycles. The molecule has 0 amide bonds. The van der Waals surface area contributed by atoms with Gasteiger partial charge in [0, 0.05) is 18.7 Å². The van der Waals surface area contributed by atoms with Crippen molar-refractivity contribution in [1.29, 1.82) is 0 Å². The predicted octanol–water partition coefficient (Wildman–Crippen LogP) is 2.98. The summed E-state index contributed by atoms with van der Waals surface area (Å²) in [7, 11) is 0. The van der Waals surface area contributed by atoms with Gasteiger partial charge in [0.15, 0.2) is 0 Å². The highest BCUT2D eigenvalue weighted by atomic mass is 19.1. The van der Waals surface area contributed by atoms with E-state index >= 15 is 0 Å². The molecule has 0 atom stereocenters. The third-order valence-corrected chi connectivity index (χ3v) is 4.59. The fraction of sp³-hybridized carbons (Fsp3) is 0.600. The fourth-order valence-electron chi connectivity index (χ4n) is 3.64. The highest BCUT2D eigenvalue weighted by Gasteiger charge is 2.54. The maximum Gasteiger partial charge on any atom is 0.337 e. The van der Waals surface area contributed by atoms with Gasteiger partial charge in [0.05, 0.1) is 17.4 Å². The third kappa shape index (κ3) is 2.20. The molecule has 4 nitrogen and oxygen atoms in total. The first-order valence-electron chi connectivity index (χ1n) is 7.03. The zero-order valence-electron chi connectivity index (χ0n) is 11.4. The van der Waals surface area contributed by atoms with Crippen LogP contribution in [0.4, 0.5) is 4.39 Å². The number of hydrogen-bond acceptors (Lipinski definition) is 3. The van der Waals surface area contributed by atoms with Gasteiger partial charge in [-0.2, -0.15) is 0 Å². The molecule has 3 rings (SSSR count). The van der Waals surface area contributed by atoms with Gasteiger partial charge < -0.3 is 9.84 Å². The largest absolute Gasteiger partial charge is 0.478 e. The Balaban J connectivity index is 1.62. The van der Waals surface area contributed by atoms with Crippen molar-refractivity contribution in [1.82, 2.24) is 4.98 Å². The lowest BCUT2D eigenvalue weighted by atomic mass is 9.50. The number of hydrogen-bond donors (Lipinski definition) is 1. The van der Waals surface area contributed by atoms with Crippen LogP contribution in [0.3, 0.4) is 0 Å². The normalized spacial score (nSPS) is 31.7. The number of rotatable bonds is 4. The van der Waals surface area contributed by atoms with Crippen molar-refractivity contribution in [3.63, 3.8) is 0 Å². The van der Waals surface area contributed by atoms with Crippen molar-refractivity contribution in [3.8, 4) is 0 Å². The summed E-state index contributed by atoms with van der Waals surface area (Å²) in [6.07, 6.45) is 5.61. The van der Waals surface area contributed by atoms with Crippen LogP contribution in [0.25, 0.3) is 0 Å². The van der Waals surface area contributed by atoms with Crippen LogP contribution in [0.1, 0.15) is 54.6 Å². The maximum atomic E-state index is 13.9. The number of halogens is 1. The highest BCUT2D eigenvalue weighted by Crippen LogP contribution is 2.62. The van der Waals surface area contributed by atoms with E-state index in [9.17, 15) is 9.18 Å². The molecule has 2 saturated carbocycles. The number of carboxylic acids is 1. The Morgan fingerprint density at radius 1 is 1.50 bits per heavy atom. The van der Waals surface area contributed by atoms with Crippen molar-refractivity contribution in [2.45, 2.75) is 44.6 Å². The SMILES string of the molecule is CCOC1CC2(C1)CC(c1ncc(C(=O)O)cc1F)C2. The summed E-state index contributed by atoms with van der Waals surface area (Å²) in [6.45, 7) is 2.74. The van der Waals surface area contributed by atoms with Crippen LogP contribution >= 0.6 is 0 Å². The average molecular weight is 279 g/mol. The summed E-state index contributed by atoms with van der Waals surface area (Å²) in [4.78, 5) is 14.8. The Hall–Kier alpha value is -1.49. The number of pyridine rings is 1. The number of carbonyl (C=O) groups is 1. The van der Waals surface area contributed by atoms with Gasteiger partial charge in [-0.3, -0.25) is 4.98 Å². The lowest BCUT2D eigenvalue weighted by Crippen LogP contribution is -2.50.